The van der Waals surface area contributed by atoms with Gasteiger partial charge in [-0.25, -0.2) is 9.78 Å². The van der Waals surface area contributed by atoms with Crippen molar-refractivity contribution >= 4 is 51.6 Å². The molecule has 0 bridgehead atoms. The zero-order valence-corrected chi connectivity index (χ0v) is 23.2. The molecule has 39 heavy (non-hydrogen) atoms. The van der Waals surface area contributed by atoms with Crippen LogP contribution in [0, 0.1) is 11.3 Å². The van der Waals surface area contributed by atoms with Crippen molar-refractivity contribution in [3.05, 3.63) is 63.4 Å². The van der Waals surface area contributed by atoms with Gasteiger partial charge in [0.05, 0.1) is 21.8 Å². The fourth-order valence-electron chi connectivity index (χ4n) is 3.38. The Hall–Kier alpha value is -3.47. The quantitative estimate of drug-likeness (QED) is 0.330. The van der Waals surface area contributed by atoms with E-state index in [1.165, 1.54) is 30.5 Å². The van der Waals surface area contributed by atoms with Crippen LogP contribution in [0.1, 0.15) is 49.3 Å². The summed E-state index contributed by atoms with van der Waals surface area (Å²) in [6, 6.07) is 7.55. The second-order valence-corrected chi connectivity index (χ2v) is 12.0. The van der Waals surface area contributed by atoms with E-state index in [9.17, 15) is 28.0 Å². The summed E-state index contributed by atoms with van der Waals surface area (Å²) in [6.45, 7) is 7.62. The highest BCUT2D eigenvalue weighted by Crippen LogP contribution is 2.34. The number of rotatable bonds is 6. The van der Waals surface area contributed by atoms with E-state index in [4.69, 9.17) is 27.9 Å². The number of nitrogens with one attached hydrogen (secondary N) is 1. The number of pyridine rings is 1. The van der Waals surface area contributed by atoms with Crippen LogP contribution in [0.4, 0.5) is 23.7 Å². The van der Waals surface area contributed by atoms with Gasteiger partial charge in [0.2, 0.25) is 5.88 Å². The molecule has 15 heteroatoms. The minimum atomic E-state index is -4.88. The number of carbonyl (C=O) groups is 2. The standard InChI is InChI=1S/C24H21Cl2F3N6O3S/c1-12(2)39(13(3)4)34-22(36)16-9-15(25)8-14(11-30)20(16)32-23(37)38-19-10-18(24(27,28)29)33-35(19)21-17(26)6-5-7-31-21/h5-10,12-13H,1-4H3,(H,32,37). The average molecular weight is 601 g/mol. The van der Waals surface area contributed by atoms with Crippen molar-refractivity contribution in [3.63, 3.8) is 0 Å². The van der Waals surface area contributed by atoms with Gasteiger partial charge in [0, 0.05) is 27.8 Å². The van der Waals surface area contributed by atoms with Crippen molar-refractivity contribution < 1.29 is 27.5 Å². The van der Waals surface area contributed by atoms with E-state index in [1.807, 2.05) is 33.8 Å². The zero-order valence-electron chi connectivity index (χ0n) is 20.9. The van der Waals surface area contributed by atoms with Gasteiger partial charge in [0.25, 0.3) is 5.91 Å². The first-order valence-electron chi connectivity index (χ1n) is 11.2. The van der Waals surface area contributed by atoms with Crippen LogP contribution in [0.15, 0.2) is 40.9 Å². The molecule has 1 N–H and O–H groups in total. The maximum absolute atomic E-state index is 13.4. The normalized spacial score (nSPS) is 11.6. The Morgan fingerprint density at radius 3 is 2.41 bits per heavy atom. The van der Waals surface area contributed by atoms with E-state index >= 15 is 0 Å². The Balaban J connectivity index is 2.04. The predicted molar refractivity (Wildman–Crippen MR) is 142 cm³/mol. The van der Waals surface area contributed by atoms with E-state index in [0.717, 1.165) is 0 Å². The summed E-state index contributed by atoms with van der Waals surface area (Å²) in [5.41, 5.74) is -2.02. The van der Waals surface area contributed by atoms with Crippen molar-refractivity contribution in [1.82, 2.24) is 14.8 Å². The number of hydrogen-bond donors (Lipinski definition) is 1. The van der Waals surface area contributed by atoms with Crippen molar-refractivity contribution in [2.75, 3.05) is 5.32 Å². The third-order valence-electron chi connectivity index (χ3n) is 4.94. The third-order valence-corrected chi connectivity index (χ3v) is 7.76. The number of anilines is 1. The summed E-state index contributed by atoms with van der Waals surface area (Å²) in [5, 5.41) is 15.4. The minimum Gasteiger partial charge on any atom is -0.391 e. The van der Waals surface area contributed by atoms with Gasteiger partial charge in [-0.05, 0) is 24.3 Å². The molecule has 0 aliphatic rings. The van der Waals surface area contributed by atoms with Crippen LogP contribution in [0.25, 0.3) is 5.82 Å². The minimum absolute atomic E-state index is 0.0338. The lowest BCUT2D eigenvalue weighted by molar-refractivity contribution is -0.141. The number of carbonyl (C=O) groups excluding carboxylic acids is 2. The Morgan fingerprint density at radius 1 is 1.18 bits per heavy atom. The van der Waals surface area contributed by atoms with Crippen molar-refractivity contribution in [1.29, 1.82) is 5.26 Å². The lowest BCUT2D eigenvalue weighted by Gasteiger charge is -2.16. The lowest BCUT2D eigenvalue weighted by atomic mass is 10.1. The molecule has 0 saturated heterocycles. The molecule has 0 spiro atoms. The lowest BCUT2D eigenvalue weighted by Crippen LogP contribution is -2.22. The van der Waals surface area contributed by atoms with Gasteiger partial charge in [-0.3, -0.25) is 10.1 Å². The first-order chi connectivity index (χ1) is 18.2. The van der Waals surface area contributed by atoms with Gasteiger partial charge in [-0.2, -0.15) is 32.6 Å². The number of halogens is 5. The molecule has 0 unspecified atom stereocenters. The molecule has 9 nitrogen and oxygen atoms in total. The van der Waals surface area contributed by atoms with Crippen molar-refractivity contribution in [2.45, 2.75) is 44.4 Å². The second-order valence-electron chi connectivity index (χ2n) is 8.43. The average Bonchev–Trinajstić information content (AvgIpc) is 3.26. The summed E-state index contributed by atoms with van der Waals surface area (Å²) in [4.78, 5) is 29.9. The number of aromatic nitrogens is 3. The van der Waals surface area contributed by atoms with E-state index < -0.39 is 40.4 Å². The van der Waals surface area contributed by atoms with E-state index in [1.54, 1.807) is 0 Å². The molecular weight excluding hydrogens is 580 g/mol. The van der Waals surface area contributed by atoms with Gasteiger partial charge >= 0.3 is 12.3 Å². The largest absolute Gasteiger partial charge is 0.435 e. The molecule has 0 aliphatic heterocycles. The fraction of sp³-hybridized carbons (Fsp3) is 0.292. The second kappa shape index (κ2) is 12.1. The molecule has 3 rings (SSSR count). The van der Waals surface area contributed by atoms with Crippen LogP contribution in [-0.4, -0.2) is 37.3 Å². The molecule has 206 valence electrons. The fourth-order valence-corrected chi connectivity index (χ4v) is 5.60. The number of alkyl halides is 3. The smallest absolute Gasteiger partial charge is 0.391 e. The highest BCUT2D eigenvalue weighted by molar-refractivity contribution is 7.88. The van der Waals surface area contributed by atoms with Gasteiger partial charge < -0.3 is 4.74 Å². The molecule has 0 aliphatic carbocycles. The van der Waals surface area contributed by atoms with Gasteiger partial charge in [-0.1, -0.05) is 61.6 Å². The highest BCUT2D eigenvalue weighted by atomic mass is 35.5. The summed E-state index contributed by atoms with van der Waals surface area (Å²) in [7, 11) is -0.691. The summed E-state index contributed by atoms with van der Waals surface area (Å²) >= 11 is 12.2. The van der Waals surface area contributed by atoms with E-state index in [2.05, 4.69) is 19.8 Å². The van der Waals surface area contributed by atoms with Gasteiger partial charge in [-0.15, -0.1) is 0 Å². The Kier molecular flexibility index (Phi) is 9.37. The number of ether oxygens (including phenoxy) is 1. The van der Waals surface area contributed by atoms with Gasteiger partial charge in [0.15, 0.2) is 11.5 Å². The molecule has 2 amide bonds. The molecule has 3 aromatic rings. The Bertz CT molecular complexity index is 1490. The van der Waals surface area contributed by atoms with Crippen molar-refractivity contribution in [2.24, 2.45) is 4.36 Å². The number of hydrogen-bond acceptors (Lipinski definition) is 6. The molecule has 0 radical (unpaired) electrons. The van der Waals surface area contributed by atoms with Crippen molar-refractivity contribution in [3.8, 4) is 17.8 Å². The zero-order chi connectivity index (χ0) is 29.1. The SMILES string of the molecule is CC(C)S(=NC(=O)c1cc(Cl)cc(C#N)c1NC(=O)Oc1cc(C(F)(F)F)nn1-c1ncccc1Cl)C(C)C. The molecule has 2 heterocycles. The highest BCUT2D eigenvalue weighted by Gasteiger charge is 2.36. The summed E-state index contributed by atoms with van der Waals surface area (Å²) in [6.07, 6.45) is -4.94. The topological polar surface area (TPSA) is 122 Å². The first-order valence-corrected chi connectivity index (χ1v) is 13.3. The van der Waals surface area contributed by atoms with Crippen LogP contribution in [0.3, 0.4) is 0 Å². The van der Waals surface area contributed by atoms with Crippen LogP contribution >= 0.6 is 23.2 Å². The number of amides is 2. The van der Waals surface area contributed by atoms with Crippen LogP contribution < -0.4 is 10.1 Å². The molecule has 0 saturated carbocycles. The van der Waals surface area contributed by atoms with E-state index in [-0.39, 0.29) is 43.2 Å². The molecule has 0 fully saturated rings. The molecule has 1 aromatic carbocycles. The van der Waals surface area contributed by atoms with E-state index in [0.29, 0.717) is 10.7 Å². The van der Waals surface area contributed by atoms with Crippen LogP contribution in [0.2, 0.25) is 10.0 Å². The van der Waals surface area contributed by atoms with Gasteiger partial charge in [0.1, 0.15) is 6.07 Å². The number of benzene rings is 1. The maximum atomic E-state index is 13.4. The third kappa shape index (κ3) is 7.14. The first kappa shape index (κ1) is 30.1. The van der Waals surface area contributed by atoms with Crippen LogP contribution in [-0.2, 0) is 16.9 Å². The Labute approximate surface area is 234 Å². The molecule has 0 atom stereocenters. The van der Waals surface area contributed by atoms with Crippen LogP contribution in [0.5, 0.6) is 5.88 Å². The Morgan fingerprint density at radius 2 is 1.85 bits per heavy atom. The maximum Gasteiger partial charge on any atom is 0.435 e. The summed E-state index contributed by atoms with van der Waals surface area (Å²) < 4.78 is 50.2. The molecular formula is C24H21Cl2F3N6O3S. The number of nitriles is 1. The summed E-state index contributed by atoms with van der Waals surface area (Å²) in [5.74, 6) is -1.64. The number of nitrogens with zero attached hydrogens (tertiary/aromatic N) is 5. The molecule has 2 aromatic heterocycles. The monoisotopic (exact) mass is 600 g/mol. The predicted octanol–water partition coefficient (Wildman–Crippen LogP) is 6.83.